The SMILES string of the molecule is Cc1cc(N)cnc1NCC1CCCC1. The standard InChI is InChI=1S/C12H19N3/c1-9-6-11(13)8-15-12(9)14-7-10-4-2-3-5-10/h6,8,10H,2-5,7,13H2,1H3,(H,14,15). The molecule has 1 heterocycles. The van der Waals surface area contributed by atoms with Crippen LogP contribution in [0.15, 0.2) is 12.3 Å². The Morgan fingerprint density at radius 3 is 2.87 bits per heavy atom. The summed E-state index contributed by atoms with van der Waals surface area (Å²) in [5.41, 5.74) is 7.52. The van der Waals surface area contributed by atoms with Gasteiger partial charge in [-0.05, 0) is 37.3 Å². The molecule has 1 aliphatic rings. The Labute approximate surface area is 91.1 Å². The first-order chi connectivity index (χ1) is 7.25. The van der Waals surface area contributed by atoms with E-state index >= 15 is 0 Å². The van der Waals surface area contributed by atoms with Crippen LogP contribution in [0.3, 0.4) is 0 Å². The van der Waals surface area contributed by atoms with E-state index in [2.05, 4.69) is 10.3 Å². The molecule has 3 N–H and O–H groups in total. The Hall–Kier alpha value is -1.25. The van der Waals surface area contributed by atoms with E-state index in [1.54, 1.807) is 6.20 Å². The number of nitrogen functional groups attached to an aromatic ring is 1. The van der Waals surface area contributed by atoms with Crippen molar-refractivity contribution in [2.24, 2.45) is 5.92 Å². The summed E-state index contributed by atoms with van der Waals surface area (Å²) in [7, 11) is 0. The van der Waals surface area contributed by atoms with Crippen LogP contribution in [-0.2, 0) is 0 Å². The monoisotopic (exact) mass is 205 g/mol. The maximum atomic E-state index is 5.66. The van der Waals surface area contributed by atoms with Crippen molar-refractivity contribution in [3.63, 3.8) is 0 Å². The zero-order valence-electron chi connectivity index (χ0n) is 9.29. The van der Waals surface area contributed by atoms with Gasteiger partial charge in [-0.2, -0.15) is 0 Å². The smallest absolute Gasteiger partial charge is 0.129 e. The van der Waals surface area contributed by atoms with Crippen molar-refractivity contribution in [2.75, 3.05) is 17.6 Å². The third-order valence-electron chi connectivity index (χ3n) is 3.13. The molecule has 2 rings (SSSR count). The van der Waals surface area contributed by atoms with E-state index in [0.29, 0.717) is 0 Å². The van der Waals surface area contributed by atoms with Crippen LogP contribution in [0.5, 0.6) is 0 Å². The molecular formula is C12H19N3. The molecule has 3 heteroatoms. The minimum Gasteiger partial charge on any atom is -0.397 e. The summed E-state index contributed by atoms with van der Waals surface area (Å²) in [6, 6.07) is 1.96. The van der Waals surface area contributed by atoms with Crippen LogP contribution in [0.4, 0.5) is 11.5 Å². The van der Waals surface area contributed by atoms with Crippen LogP contribution in [0, 0.1) is 12.8 Å². The number of rotatable bonds is 3. The summed E-state index contributed by atoms with van der Waals surface area (Å²) in [6.07, 6.45) is 7.22. The lowest BCUT2D eigenvalue weighted by Crippen LogP contribution is -2.12. The molecule has 0 amide bonds. The van der Waals surface area contributed by atoms with E-state index in [-0.39, 0.29) is 0 Å². The molecule has 0 unspecified atom stereocenters. The van der Waals surface area contributed by atoms with Crippen LogP contribution >= 0.6 is 0 Å². The summed E-state index contributed by atoms with van der Waals surface area (Å²) in [5, 5.41) is 3.42. The van der Waals surface area contributed by atoms with Crippen LogP contribution in [0.25, 0.3) is 0 Å². The van der Waals surface area contributed by atoms with E-state index in [9.17, 15) is 0 Å². The minimum atomic E-state index is 0.735. The summed E-state index contributed by atoms with van der Waals surface area (Å²) in [6.45, 7) is 3.10. The maximum Gasteiger partial charge on any atom is 0.129 e. The highest BCUT2D eigenvalue weighted by Crippen LogP contribution is 2.25. The second-order valence-corrected chi connectivity index (χ2v) is 4.47. The highest BCUT2D eigenvalue weighted by Gasteiger charge is 2.14. The lowest BCUT2D eigenvalue weighted by molar-refractivity contribution is 0.578. The molecule has 0 atom stereocenters. The van der Waals surface area contributed by atoms with Gasteiger partial charge in [-0.25, -0.2) is 4.98 Å². The van der Waals surface area contributed by atoms with E-state index in [4.69, 9.17) is 5.73 Å². The number of aromatic nitrogens is 1. The molecule has 1 aromatic heterocycles. The maximum absolute atomic E-state index is 5.66. The summed E-state index contributed by atoms with van der Waals surface area (Å²) < 4.78 is 0. The Morgan fingerprint density at radius 1 is 1.47 bits per heavy atom. The fraction of sp³-hybridized carbons (Fsp3) is 0.583. The van der Waals surface area contributed by atoms with Gasteiger partial charge in [0.05, 0.1) is 11.9 Å². The predicted molar refractivity (Wildman–Crippen MR) is 63.8 cm³/mol. The van der Waals surface area contributed by atoms with E-state index in [0.717, 1.165) is 29.5 Å². The number of aryl methyl sites for hydroxylation is 1. The first-order valence-electron chi connectivity index (χ1n) is 5.71. The second kappa shape index (κ2) is 4.51. The van der Waals surface area contributed by atoms with Crippen molar-refractivity contribution in [3.05, 3.63) is 17.8 Å². The average molecular weight is 205 g/mol. The lowest BCUT2D eigenvalue weighted by atomic mass is 10.1. The Bertz CT molecular complexity index is 330. The largest absolute Gasteiger partial charge is 0.397 e. The minimum absolute atomic E-state index is 0.735. The van der Waals surface area contributed by atoms with Gasteiger partial charge in [0, 0.05) is 6.54 Å². The van der Waals surface area contributed by atoms with Gasteiger partial charge < -0.3 is 11.1 Å². The summed E-state index contributed by atoms with van der Waals surface area (Å²) in [5.74, 6) is 1.82. The Balaban J connectivity index is 1.92. The molecule has 0 saturated heterocycles. The topological polar surface area (TPSA) is 50.9 Å². The Kier molecular flexibility index (Phi) is 3.09. The van der Waals surface area contributed by atoms with Crippen molar-refractivity contribution in [2.45, 2.75) is 32.6 Å². The van der Waals surface area contributed by atoms with E-state index in [1.165, 1.54) is 25.7 Å². The highest BCUT2D eigenvalue weighted by atomic mass is 15.0. The van der Waals surface area contributed by atoms with Gasteiger partial charge in [-0.1, -0.05) is 12.8 Å². The van der Waals surface area contributed by atoms with Gasteiger partial charge in [0.1, 0.15) is 5.82 Å². The average Bonchev–Trinajstić information content (AvgIpc) is 2.69. The quantitative estimate of drug-likeness (QED) is 0.797. The molecule has 1 saturated carbocycles. The first-order valence-corrected chi connectivity index (χ1v) is 5.71. The fourth-order valence-corrected chi connectivity index (χ4v) is 2.24. The van der Waals surface area contributed by atoms with Crippen LogP contribution in [0.1, 0.15) is 31.2 Å². The number of nitrogens with zero attached hydrogens (tertiary/aromatic N) is 1. The molecule has 0 aromatic carbocycles. The number of hydrogen-bond acceptors (Lipinski definition) is 3. The molecule has 0 radical (unpaired) electrons. The third kappa shape index (κ3) is 2.61. The van der Waals surface area contributed by atoms with Gasteiger partial charge in [-0.15, -0.1) is 0 Å². The zero-order valence-corrected chi connectivity index (χ0v) is 9.29. The summed E-state index contributed by atoms with van der Waals surface area (Å²) >= 11 is 0. The third-order valence-corrected chi connectivity index (χ3v) is 3.13. The lowest BCUT2D eigenvalue weighted by Gasteiger charge is -2.12. The number of nitrogens with two attached hydrogens (primary N) is 1. The molecule has 1 fully saturated rings. The first kappa shape index (κ1) is 10.3. The number of pyridine rings is 1. The zero-order chi connectivity index (χ0) is 10.7. The van der Waals surface area contributed by atoms with Crippen molar-refractivity contribution in [1.82, 2.24) is 4.98 Å². The van der Waals surface area contributed by atoms with Crippen molar-refractivity contribution >= 4 is 11.5 Å². The molecule has 0 spiro atoms. The van der Waals surface area contributed by atoms with Gasteiger partial charge in [0.25, 0.3) is 0 Å². The molecule has 0 aliphatic heterocycles. The van der Waals surface area contributed by atoms with Crippen molar-refractivity contribution in [3.8, 4) is 0 Å². The van der Waals surface area contributed by atoms with Crippen molar-refractivity contribution < 1.29 is 0 Å². The van der Waals surface area contributed by atoms with Crippen LogP contribution in [0.2, 0.25) is 0 Å². The number of nitrogens with one attached hydrogen (secondary N) is 1. The number of hydrogen-bond donors (Lipinski definition) is 2. The van der Waals surface area contributed by atoms with Gasteiger partial charge in [0.2, 0.25) is 0 Å². The van der Waals surface area contributed by atoms with Gasteiger partial charge >= 0.3 is 0 Å². The highest BCUT2D eigenvalue weighted by molar-refractivity contribution is 5.50. The molecule has 3 nitrogen and oxygen atoms in total. The van der Waals surface area contributed by atoms with Gasteiger partial charge in [0.15, 0.2) is 0 Å². The van der Waals surface area contributed by atoms with Crippen LogP contribution < -0.4 is 11.1 Å². The second-order valence-electron chi connectivity index (χ2n) is 4.47. The molecular weight excluding hydrogens is 186 g/mol. The molecule has 82 valence electrons. The molecule has 1 aromatic rings. The molecule has 1 aliphatic carbocycles. The number of anilines is 2. The molecule has 15 heavy (non-hydrogen) atoms. The van der Waals surface area contributed by atoms with Gasteiger partial charge in [-0.3, -0.25) is 0 Å². The summed E-state index contributed by atoms with van der Waals surface area (Å²) in [4.78, 5) is 4.30. The fourth-order valence-electron chi connectivity index (χ4n) is 2.24. The normalized spacial score (nSPS) is 16.9. The predicted octanol–water partition coefficient (Wildman–Crippen LogP) is 2.57. The van der Waals surface area contributed by atoms with Crippen LogP contribution in [-0.4, -0.2) is 11.5 Å². The molecule has 0 bridgehead atoms. The van der Waals surface area contributed by atoms with Crippen molar-refractivity contribution in [1.29, 1.82) is 0 Å². The van der Waals surface area contributed by atoms with E-state index < -0.39 is 0 Å². The van der Waals surface area contributed by atoms with E-state index in [1.807, 2.05) is 13.0 Å². The Morgan fingerprint density at radius 2 is 2.20 bits per heavy atom.